The van der Waals surface area contributed by atoms with E-state index in [-0.39, 0.29) is 0 Å². The molecule has 0 rings (SSSR count). The number of hydrogen-bond donors (Lipinski definition) is 3. The molecule has 110 valence electrons. The summed E-state index contributed by atoms with van der Waals surface area (Å²) in [5.74, 6) is 0. The highest BCUT2D eigenvalue weighted by Gasteiger charge is 2.29. The minimum Gasteiger partial charge on any atom is -0.395 e. The van der Waals surface area contributed by atoms with Crippen LogP contribution in [0.3, 0.4) is 0 Å². The zero-order valence-corrected chi connectivity index (χ0v) is 13.3. The van der Waals surface area contributed by atoms with Gasteiger partial charge in [0.05, 0.1) is 0 Å². The molecule has 4 N–H and O–H groups in total. The molecule has 0 saturated heterocycles. The van der Waals surface area contributed by atoms with E-state index in [1.165, 1.54) is 0 Å². The summed E-state index contributed by atoms with van der Waals surface area (Å²) in [7, 11) is -1.90. The van der Waals surface area contributed by atoms with Crippen LogP contribution in [0.4, 0.5) is 0 Å². The van der Waals surface area contributed by atoms with Gasteiger partial charge in [-0.05, 0) is 39.4 Å². The van der Waals surface area contributed by atoms with Gasteiger partial charge in [-0.25, -0.2) is 0 Å². The Bertz CT molecular complexity index is 179. The Morgan fingerprint density at radius 1 is 0.944 bits per heavy atom. The molecule has 0 aliphatic heterocycles. The third-order valence-corrected chi connectivity index (χ3v) is 5.74. The third-order valence-electron chi connectivity index (χ3n) is 2.68. The lowest BCUT2D eigenvalue weighted by Crippen LogP contribution is -2.39. The zero-order valence-electron chi connectivity index (χ0n) is 12.3. The molecule has 5 nitrogen and oxygen atoms in total. The molecule has 0 radical (unpaired) electrons. The Balaban J connectivity index is 3.49. The molecular formula is C12H31N3O2Si. The van der Waals surface area contributed by atoms with Crippen molar-refractivity contribution in [2.24, 2.45) is 5.73 Å². The maximum atomic E-state index is 5.79. The van der Waals surface area contributed by atoms with Crippen LogP contribution in [0.5, 0.6) is 0 Å². The average Bonchev–Trinajstić information content (AvgIpc) is 2.33. The van der Waals surface area contributed by atoms with Gasteiger partial charge in [-0.1, -0.05) is 0 Å². The average molecular weight is 277 g/mol. The molecule has 0 unspecified atom stereocenters. The molecule has 0 atom stereocenters. The highest BCUT2D eigenvalue weighted by atomic mass is 28.4. The number of nitrogens with one attached hydrogen (secondary N) is 2. The third kappa shape index (κ3) is 9.99. The summed E-state index contributed by atoms with van der Waals surface area (Å²) in [6.45, 7) is 12.3. The van der Waals surface area contributed by atoms with Crippen molar-refractivity contribution in [2.45, 2.75) is 32.9 Å². The van der Waals surface area contributed by atoms with Crippen molar-refractivity contribution in [2.75, 3.05) is 45.9 Å². The fourth-order valence-corrected chi connectivity index (χ4v) is 4.27. The van der Waals surface area contributed by atoms with Gasteiger partial charge in [0, 0.05) is 39.4 Å². The first-order chi connectivity index (χ1) is 8.68. The molecule has 0 aromatic heterocycles. The zero-order chi connectivity index (χ0) is 13.7. The predicted molar refractivity (Wildman–Crippen MR) is 79.1 cm³/mol. The van der Waals surface area contributed by atoms with Crippen molar-refractivity contribution < 1.29 is 8.85 Å². The molecular weight excluding hydrogens is 246 g/mol. The molecule has 0 amide bonds. The maximum Gasteiger partial charge on any atom is 0.334 e. The summed E-state index contributed by atoms with van der Waals surface area (Å²) in [6, 6.07) is 1.05. The van der Waals surface area contributed by atoms with Crippen molar-refractivity contribution in [3.63, 3.8) is 0 Å². The summed E-state index contributed by atoms with van der Waals surface area (Å²) < 4.78 is 11.6. The Morgan fingerprint density at radius 2 is 1.50 bits per heavy atom. The standard InChI is InChI=1S/C12H31N3O2Si/c1-4-16-18(3,17-5-2)12-6-8-14-10-11-15-9-7-13/h14-15H,4-13H2,1-3H3. The number of nitrogens with two attached hydrogens (primary N) is 1. The number of rotatable bonds is 13. The summed E-state index contributed by atoms with van der Waals surface area (Å²) in [6.07, 6.45) is 1.11. The SMILES string of the molecule is CCO[Si](C)(CCCNCCNCCN)OCC. The number of hydrogen-bond acceptors (Lipinski definition) is 5. The van der Waals surface area contributed by atoms with Crippen LogP contribution in [0, 0.1) is 0 Å². The first-order valence-electron chi connectivity index (χ1n) is 7.08. The van der Waals surface area contributed by atoms with Gasteiger partial charge in [-0.2, -0.15) is 0 Å². The molecule has 0 fully saturated rings. The van der Waals surface area contributed by atoms with Crippen LogP contribution in [-0.2, 0) is 8.85 Å². The van der Waals surface area contributed by atoms with Gasteiger partial charge < -0.3 is 25.2 Å². The highest BCUT2D eigenvalue weighted by Crippen LogP contribution is 2.15. The van der Waals surface area contributed by atoms with Crippen molar-refractivity contribution in [1.29, 1.82) is 0 Å². The van der Waals surface area contributed by atoms with Gasteiger partial charge >= 0.3 is 8.56 Å². The monoisotopic (exact) mass is 277 g/mol. The van der Waals surface area contributed by atoms with Crippen LogP contribution < -0.4 is 16.4 Å². The van der Waals surface area contributed by atoms with Crippen molar-refractivity contribution in [3.05, 3.63) is 0 Å². The van der Waals surface area contributed by atoms with Gasteiger partial charge in [-0.15, -0.1) is 0 Å². The lowest BCUT2D eigenvalue weighted by molar-refractivity contribution is 0.188. The smallest absolute Gasteiger partial charge is 0.334 e. The van der Waals surface area contributed by atoms with Crippen LogP contribution in [0.15, 0.2) is 0 Å². The van der Waals surface area contributed by atoms with E-state index in [4.69, 9.17) is 14.6 Å². The van der Waals surface area contributed by atoms with E-state index in [9.17, 15) is 0 Å². The molecule has 0 saturated carbocycles. The molecule has 18 heavy (non-hydrogen) atoms. The molecule has 0 aliphatic rings. The molecule has 0 aromatic carbocycles. The Morgan fingerprint density at radius 3 is 2.00 bits per heavy atom. The molecule has 0 bridgehead atoms. The second-order valence-electron chi connectivity index (χ2n) is 4.39. The summed E-state index contributed by atoms with van der Waals surface area (Å²) in [5, 5.41) is 6.66. The van der Waals surface area contributed by atoms with Crippen molar-refractivity contribution in [3.8, 4) is 0 Å². The van der Waals surface area contributed by atoms with E-state index in [0.29, 0.717) is 6.54 Å². The van der Waals surface area contributed by atoms with Gasteiger partial charge in [0.1, 0.15) is 0 Å². The first kappa shape index (κ1) is 18.0. The van der Waals surface area contributed by atoms with Gasteiger partial charge in [-0.3, -0.25) is 0 Å². The minimum absolute atomic E-state index is 0.701. The highest BCUT2D eigenvalue weighted by molar-refractivity contribution is 6.66. The maximum absolute atomic E-state index is 5.79. The second kappa shape index (κ2) is 12.1. The molecule has 6 heteroatoms. The van der Waals surface area contributed by atoms with Crippen LogP contribution >= 0.6 is 0 Å². The predicted octanol–water partition coefficient (Wildman–Crippen LogP) is 0.659. The van der Waals surface area contributed by atoms with Gasteiger partial charge in [0.15, 0.2) is 0 Å². The molecule has 0 spiro atoms. The largest absolute Gasteiger partial charge is 0.395 e. The Hall–Kier alpha value is 0.0169. The van der Waals surface area contributed by atoms with Gasteiger partial charge in [0.25, 0.3) is 0 Å². The Kier molecular flexibility index (Phi) is 12.1. The van der Waals surface area contributed by atoms with E-state index >= 15 is 0 Å². The molecule has 0 aromatic rings. The fraction of sp³-hybridized carbons (Fsp3) is 1.00. The Labute approximate surface area is 113 Å². The second-order valence-corrected chi connectivity index (χ2v) is 7.74. The van der Waals surface area contributed by atoms with Crippen LogP contribution in [0.1, 0.15) is 20.3 Å². The van der Waals surface area contributed by atoms with E-state index in [0.717, 1.165) is 51.9 Å². The van der Waals surface area contributed by atoms with Crippen molar-refractivity contribution >= 4 is 8.56 Å². The lowest BCUT2D eigenvalue weighted by atomic mass is 10.4. The van der Waals surface area contributed by atoms with E-state index in [2.05, 4.69) is 17.2 Å². The van der Waals surface area contributed by atoms with Crippen molar-refractivity contribution in [1.82, 2.24) is 10.6 Å². The minimum atomic E-state index is -1.90. The van der Waals surface area contributed by atoms with Crippen LogP contribution in [0.25, 0.3) is 0 Å². The quantitative estimate of drug-likeness (QED) is 0.341. The topological polar surface area (TPSA) is 68.5 Å². The van der Waals surface area contributed by atoms with E-state index in [1.54, 1.807) is 0 Å². The van der Waals surface area contributed by atoms with E-state index in [1.807, 2.05) is 13.8 Å². The normalized spacial score (nSPS) is 12.0. The van der Waals surface area contributed by atoms with E-state index < -0.39 is 8.56 Å². The molecule has 0 heterocycles. The molecule has 0 aliphatic carbocycles. The fourth-order valence-electron chi connectivity index (χ4n) is 1.86. The van der Waals surface area contributed by atoms with Crippen LogP contribution in [-0.4, -0.2) is 54.5 Å². The summed E-state index contributed by atoms with van der Waals surface area (Å²) in [5.41, 5.74) is 5.39. The lowest BCUT2D eigenvalue weighted by Gasteiger charge is -2.25. The summed E-state index contributed by atoms with van der Waals surface area (Å²) in [4.78, 5) is 0. The summed E-state index contributed by atoms with van der Waals surface area (Å²) >= 11 is 0. The first-order valence-corrected chi connectivity index (χ1v) is 9.60. The van der Waals surface area contributed by atoms with Gasteiger partial charge in [0.2, 0.25) is 0 Å². The van der Waals surface area contributed by atoms with Crippen LogP contribution in [0.2, 0.25) is 12.6 Å².